The van der Waals surface area contributed by atoms with E-state index in [1.165, 1.54) is 4.57 Å². The van der Waals surface area contributed by atoms with Crippen LogP contribution in [0.5, 0.6) is 0 Å². The van der Waals surface area contributed by atoms with E-state index in [2.05, 4.69) is 14.9 Å². The lowest BCUT2D eigenvalue weighted by atomic mass is 10.3. The van der Waals surface area contributed by atoms with Crippen LogP contribution in [-0.4, -0.2) is 33.0 Å². The Morgan fingerprint density at radius 1 is 1.13 bits per heavy atom. The number of hydrogen-bond acceptors (Lipinski definition) is 3. The molecular weight excluding hydrogens is 308 g/mol. The average molecular weight is 322 g/mol. The summed E-state index contributed by atoms with van der Waals surface area (Å²) < 4.78 is 1.54. The number of rotatable bonds is 1. The second-order valence-corrected chi connectivity index (χ2v) is 6.17. The van der Waals surface area contributed by atoms with Crippen LogP contribution in [0.4, 0.5) is 10.5 Å². The van der Waals surface area contributed by atoms with Crippen LogP contribution in [-0.2, 0) is 0 Å². The number of aromatic nitrogens is 2. The van der Waals surface area contributed by atoms with Gasteiger partial charge < -0.3 is 4.90 Å². The van der Waals surface area contributed by atoms with E-state index in [-0.39, 0.29) is 6.03 Å². The van der Waals surface area contributed by atoms with E-state index in [0.29, 0.717) is 0 Å². The molecule has 114 valence electrons. The fourth-order valence-corrected chi connectivity index (χ4v) is 3.56. The number of amidine groups is 1. The topological polar surface area (TPSA) is 50.5 Å². The molecule has 1 saturated heterocycles. The Bertz CT molecular complexity index is 888. The molecule has 0 radical (unpaired) electrons. The van der Waals surface area contributed by atoms with Crippen LogP contribution in [0.25, 0.3) is 11.0 Å². The van der Waals surface area contributed by atoms with Crippen molar-refractivity contribution in [3.8, 4) is 0 Å². The van der Waals surface area contributed by atoms with Crippen molar-refractivity contribution in [1.29, 1.82) is 0 Å². The summed E-state index contributed by atoms with van der Waals surface area (Å²) in [5.41, 5.74) is 2.62. The van der Waals surface area contributed by atoms with Crippen LogP contribution >= 0.6 is 11.8 Å². The molecule has 1 aliphatic rings. The van der Waals surface area contributed by atoms with Crippen LogP contribution < -0.4 is 4.90 Å². The molecule has 0 aliphatic carbocycles. The van der Waals surface area contributed by atoms with Gasteiger partial charge in [0.05, 0.1) is 11.0 Å². The van der Waals surface area contributed by atoms with Crippen molar-refractivity contribution in [3.05, 3.63) is 60.9 Å². The lowest BCUT2D eigenvalue weighted by molar-refractivity contribution is 0.251. The van der Waals surface area contributed by atoms with E-state index in [1.807, 2.05) is 48.5 Å². The average Bonchev–Trinajstić information content (AvgIpc) is 3.22. The van der Waals surface area contributed by atoms with Gasteiger partial charge in [-0.25, -0.2) is 4.79 Å². The Balaban J connectivity index is 1.67. The van der Waals surface area contributed by atoms with Crippen molar-refractivity contribution < 1.29 is 4.79 Å². The van der Waals surface area contributed by atoms with E-state index in [4.69, 9.17) is 0 Å². The molecule has 1 amide bonds. The summed E-state index contributed by atoms with van der Waals surface area (Å²) in [5, 5.41) is 0.743. The molecular formula is C17H14N4OS. The lowest BCUT2D eigenvalue weighted by Gasteiger charge is -2.17. The van der Waals surface area contributed by atoms with Gasteiger partial charge in [0.15, 0.2) is 5.17 Å². The third-order valence-corrected chi connectivity index (χ3v) is 4.66. The van der Waals surface area contributed by atoms with Crippen LogP contribution in [0.3, 0.4) is 0 Å². The summed E-state index contributed by atoms with van der Waals surface area (Å²) in [6, 6.07) is 15.2. The van der Waals surface area contributed by atoms with Gasteiger partial charge in [-0.3, -0.25) is 9.55 Å². The van der Waals surface area contributed by atoms with Crippen LogP contribution in [0, 0.1) is 0 Å². The van der Waals surface area contributed by atoms with E-state index in [1.54, 1.807) is 24.2 Å². The third kappa shape index (κ3) is 2.61. The molecule has 3 heterocycles. The summed E-state index contributed by atoms with van der Waals surface area (Å²) in [6.07, 6.45) is 3.43. The number of carbonyl (C=O) groups is 1. The van der Waals surface area contributed by atoms with Gasteiger partial charge in [0.1, 0.15) is 0 Å². The van der Waals surface area contributed by atoms with Gasteiger partial charge in [0.25, 0.3) is 0 Å². The quantitative estimate of drug-likeness (QED) is 0.687. The lowest BCUT2D eigenvalue weighted by Crippen LogP contribution is -2.25. The summed E-state index contributed by atoms with van der Waals surface area (Å²) in [6.45, 7) is 0.856. The highest BCUT2D eigenvalue weighted by Crippen LogP contribution is 2.25. The second-order valence-electron chi connectivity index (χ2n) is 5.11. The van der Waals surface area contributed by atoms with Crippen molar-refractivity contribution in [2.24, 2.45) is 4.99 Å². The SMILES string of the molecule is O=C(/N=C1\SCCN1c1ccccc1)n1ccc2ncccc21. The molecule has 0 saturated carbocycles. The van der Waals surface area contributed by atoms with Gasteiger partial charge in [-0.2, -0.15) is 4.99 Å². The molecule has 4 rings (SSSR count). The van der Waals surface area contributed by atoms with Gasteiger partial charge >= 0.3 is 6.03 Å². The molecule has 2 aromatic heterocycles. The first-order valence-electron chi connectivity index (χ1n) is 7.33. The predicted octanol–water partition coefficient (Wildman–Crippen LogP) is 3.61. The molecule has 0 spiro atoms. The molecule has 0 unspecified atom stereocenters. The zero-order valence-corrected chi connectivity index (χ0v) is 13.1. The maximum absolute atomic E-state index is 12.6. The maximum Gasteiger partial charge on any atom is 0.354 e. The van der Waals surface area contributed by atoms with Crippen LogP contribution in [0.2, 0.25) is 0 Å². The number of amides is 1. The number of carbonyl (C=O) groups excluding carboxylic acids is 1. The summed E-state index contributed by atoms with van der Waals surface area (Å²) in [5.74, 6) is 0.926. The molecule has 1 aromatic carbocycles. The van der Waals surface area contributed by atoms with Crippen molar-refractivity contribution in [3.63, 3.8) is 0 Å². The minimum atomic E-state index is -0.293. The minimum absolute atomic E-state index is 0.293. The molecule has 23 heavy (non-hydrogen) atoms. The number of para-hydroxylation sites is 1. The van der Waals surface area contributed by atoms with Crippen molar-refractivity contribution in [2.45, 2.75) is 0 Å². The highest BCUT2D eigenvalue weighted by molar-refractivity contribution is 8.14. The number of pyridine rings is 1. The number of hydrogen-bond donors (Lipinski definition) is 0. The number of fused-ring (bicyclic) bond motifs is 1. The van der Waals surface area contributed by atoms with Gasteiger partial charge in [-0.15, -0.1) is 0 Å². The smallest absolute Gasteiger partial charge is 0.320 e. The normalized spacial score (nSPS) is 16.3. The molecule has 0 atom stereocenters. The Labute approximate surface area is 137 Å². The third-order valence-electron chi connectivity index (χ3n) is 3.70. The molecule has 0 bridgehead atoms. The zero-order chi connectivity index (χ0) is 15.6. The minimum Gasteiger partial charge on any atom is -0.320 e. The van der Waals surface area contributed by atoms with Crippen molar-refractivity contribution in [1.82, 2.24) is 9.55 Å². The Morgan fingerprint density at radius 2 is 2.00 bits per heavy atom. The zero-order valence-electron chi connectivity index (χ0n) is 12.3. The molecule has 1 fully saturated rings. The number of aliphatic imine (C=N–C) groups is 1. The summed E-state index contributed by atoms with van der Waals surface area (Å²) >= 11 is 1.60. The molecule has 6 heteroatoms. The second kappa shape index (κ2) is 5.89. The maximum atomic E-state index is 12.6. The first-order valence-corrected chi connectivity index (χ1v) is 8.32. The van der Waals surface area contributed by atoms with Gasteiger partial charge in [0, 0.05) is 30.4 Å². The van der Waals surface area contributed by atoms with Gasteiger partial charge in [0.2, 0.25) is 0 Å². The monoisotopic (exact) mass is 322 g/mol. The Kier molecular flexibility index (Phi) is 3.59. The van der Waals surface area contributed by atoms with Gasteiger partial charge in [-0.05, 0) is 30.3 Å². The Morgan fingerprint density at radius 3 is 2.87 bits per heavy atom. The number of nitrogens with zero attached hydrogens (tertiary/aromatic N) is 4. The first-order chi connectivity index (χ1) is 11.3. The molecule has 1 aliphatic heterocycles. The van der Waals surface area contributed by atoms with E-state index in [9.17, 15) is 4.79 Å². The number of anilines is 1. The molecule has 3 aromatic rings. The van der Waals surface area contributed by atoms with Crippen LogP contribution in [0.15, 0.2) is 65.9 Å². The molecule has 0 N–H and O–H groups in total. The standard InChI is InChI=1S/C17H14N4OS/c22-16(21-10-8-14-15(21)7-4-9-18-14)19-17-20(11-12-23-17)13-5-2-1-3-6-13/h1-10H,11-12H2/b19-17-. The summed E-state index contributed by atoms with van der Waals surface area (Å²) in [7, 11) is 0. The molecule has 5 nitrogen and oxygen atoms in total. The number of benzene rings is 1. The largest absolute Gasteiger partial charge is 0.354 e. The predicted molar refractivity (Wildman–Crippen MR) is 94.2 cm³/mol. The summed E-state index contributed by atoms with van der Waals surface area (Å²) in [4.78, 5) is 23.2. The highest BCUT2D eigenvalue weighted by Gasteiger charge is 2.22. The first kappa shape index (κ1) is 14.0. The fourth-order valence-electron chi connectivity index (χ4n) is 2.61. The highest BCUT2D eigenvalue weighted by atomic mass is 32.2. The fraction of sp³-hybridized carbons (Fsp3) is 0.118. The van der Waals surface area contributed by atoms with E-state index in [0.717, 1.165) is 34.2 Å². The van der Waals surface area contributed by atoms with Crippen molar-refractivity contribution in [2.75, 3.05) is 17.2 Å². The Hall–Kier alpha value is -2.60. The number of thioether (sulfide) groups is 1. The van der Waals surface area contributed by atoms with E-state index >= 15 is 0 Å². The van der Waals surface area contributed by atoms with Gasteiger partial charge in [-0.1, -0.05) is 30.0 Å². The van der Waals surface area contributed by atoms with Crippen LogP contribution in [0.1, 0.15) is 0 Å². The van der Waals surface area contributed by atoms with E-state index < -0.39 is 0 Å². The van der Waals surface area contributed by atoms with Crippen molar-refractivity contribution >= 4 is 39.7 Å².